The summed E-state index contributed by atoms with van der Waals surface area (Å²) < 4.78 is 0. The molecule has 9 nitrogen and oxygen atoms in total. The first-order chi connectivity index (χ1) is 20.0. The fraction of sp³-hybridized carbons (Fsp3) is 0.182. The molecule has 0 radical (unpaired) electrons. The summed E-state index contributed by atoms with van der Waals surface area (Å²) in [6.45, 7) is 8.11. The molecule has 0 aliphatic rings. The first-order valence-electron chi connectivity index (χ1n) is 13.6. The van der Waals surface area contributed by atoms with Crippen molar-refractivity contribution in [3.05, 3.63) is 123 Å². The Morgan fingerprint density at radius 1 is 0.452 bits per heavy atom. The third-order valence-corrected chi connectivity index (χ3v) is 7.63. The Hall–Kier alpha value is -5.31. The maximum absolute atomic E-state index is 11.5. The number of rotatable bonds is 12. The minimum absolute atomic E-state index is 0.456. The zero-order chi connectivity index (χ0) is 30.4. The standard InChI is InChI=1S/C33H36N6O3/c1-19-28(16-37-25-10-4-22(5-11-25)31(34)40)20(2)30(18-39-27-14-8-24(9-15-27)33(36)42)21(3)29(19)17-38-26-12-6-23(7-13-26)32(35)41/h4-15,37-39H,16-18H2,1-3H3,(H2,34,40)(H2,35,41)(H2,36,42). The highest BCUT2D eigenvalue weighted by Gasteiger charge is 2.17. The summed E-state index contributed by atoms with van der Waals surface area (Å²) in [5.41, 5.74) is 27.2. The first-order valence-corrected chi connectivity index (χ1v) is 13.6. The fourth-order valence-corrected chi connectivity index (χ4v) is 5.01. The molecule has 3 amide bonds. The molecule has 0 heterocycles. The molecule has 216 valence electrons. The number of nitrogens with two attached hydrogens (primary N) is 3. The van der Waals surface area contributed by atoms with E-state index in [1.54, 1.807) is 36.4 Å². The minimum atomic E-state index is -0.463. The largest absolute Gasteiger partial charge is 0.381 e. The Morgan fingerprint density at radius 2 is 0.667 bits per heavy atom. The first kappa shape index (κ1) is 29.7. The Morgan fingerprint density at radius 3 is 0.857 bits per heavy atom. The van der Waals surface area contributed by atoms with Crippen molar-refractivity contribution in [1.82, 2.24) is 0 Å². The second kappa shape index (κ2) is 12.9. The van der Waals surface area contributed by atoms with Gasteiger partial charge in [-0.15, -0.1) is 0 Å². The van der Waals surface area contributed by atoms with Gasteiger partial charge in [-0.1, -0.05) is 0 Å². The van der Waals surface area contributed by atoms with Crippen LogP contribution in [-0.4, -0.2) is 17.7 Å². The summed E-state index contributed by atoms with van der Waals surface area (Å²) in [4.78, 5) is 34.4. The van der Waals surface area contributed by atoms with E-state index in [0.717, 1.165) is 17.1 Å². The van der Waals surface area contributed by atoms with E-state index in [-0.39, 0.29) is 0 Å². The van der Waals surface area contributed by atoms with Crippen LogP contribution in [-0.2, 0) is 19.6 Å². The van der Waals surface area contributed by atoms with Gasteiger partial charge in [-0.3, -0.25) is 14.4 Å². The second-order valence-corrected chi connectivity index (χ2v) is 10.2. The molecule has 0 aliphatic carbocycles. The lowest BCUT2D eigenvalue weighted by atomic mass is 9.87. The van der Waals surface area contributed by atoms with Crippen molar-refractivity contribution in [3.63, 3.8) is 0 Å². The van der Waals surface area contributed by atoms with Gasteiger partial charge in [-0.25, -0.2) is 0 Å². The summed E-state index contributed by atoms with van der Waals surface area (Å²) >= 11 is 0. The van der Waals surface area contributed by atoms with Gasteiger partial charge in [-0.05, 0) is 127 Å². The number of anilines is 3. The Bertz CT molecular complexity index is 1400. The van der Waals surface area contributed by atoms with Crippen molar-refractivity contribution >= 4 is 34.8 Å². The molecule has 4 aromatic rings. The van der Waals surface area contributed by atoms with E-state index in [9.17, 15) is 14.4 Å². The van der Waals surface area contributed by atoms with Crippen molar-refractivity contribution in [1.29, 1.82) is 0 Å². The highest BCUT2D eigenvalue weighted by Crippen LogP contribution is 2.30. The van der Waals surface area contributed by atoms with Crippen LogP contribution < -0.4 is 33.2 Å². The lowest BCUT2D eigenvalue weighted by Crippen LogP contribution is -2.15. The number of carbonyl (C=O) groups excluding carboxylic acids is 3. The Kier molecular flexibility index (Phi) is 9.12. The molecule has 0 atom stereocenters. The van der Waals surface area contributed by atoms with Crippen molar-refractivity contribution in [2.75, 3.05) is 16.0 Å². The van der Waals surface area contributed by atoms with Gasteiger partial charge in [0.25, 0.3) is 0 Å². The molecule has 0 aromatic heterocycles. The topological polar surface area (TPSA) is 165 Å². The number of nitrogens with one attached hydrogen (secondary N) is 3. The van der Waals surface area contributed by atoms with E-state index in [2.05, 4.69) is 36.7 Å². The summed E-state index contributed by atoms with van der Waals surface area (Å²) in [7, 11) is 0. The zero-order valence-electron chi connectivity index (χ0n) is 24.0. The predicted molar refractivity (Wildman–Crippen MR) is 168 cm³/mol. The molecule has 9 heteroatoms. The van der Waals surface area contributed by atoms with Crippen LogP contribution in [0.3, 0.4) is 0 Å². The molecule has 0 aliphatic heterocycles. The molecule has 0 fully saturated rings. The van der Waals surface area contributed by atoms with Crippen LogP contribution in [0.5, 0.6) is 0 Å². The third kappa shape index (κ3) is 6.87. The highest BCUT2D eigenvalue weighted by atomic mass is 16.2. The molecule has 0 saturated carbocycles. The van der Waals surface area contributed by atoms with Crippen LogP contribution in [0.2, 0.25) is 0 Å². The quantitative estimate of drug-likeness (QED) is 0.145. The van der Waals surface area contributed by atoms with Crippen molar-refractivity contribution in [3.8, 4) is 0 Å². The van der Waals surface area contributed by atoms with E-state index in [0.29, 0.717) is 36.3 Å². The summed E-state index contributed by atoms with van der Waals surface area (Å²) in [6, 6.07) is 21.3. The van der Waals surface area contributed by atoms with Crippen molar-refractivity contribution in [2.24, 2.45) is 17.2 Å². The van der Waals surface area contributed by atoms with Crippen LogP contribution in [0.4, 0.5) is 17.1 Å². The van der Waals surface area contributed by atoms with Gasteiger partial charge in [0.1, 0.15) is 0 Å². The fourth-order valence-electron chi connectivity index (χ4n) is 5.01. The van der Waals surface area contributed by atoms with Gasteiger partial charge in [0, 0.05) is 53.4 Å². The number of amides is 3. The van der Waals surface area contributed by atoms with E-state index in [1.165, 1.54) is 33.4 Å². The van der Waals surface area contributed by atoms with E-state index >= 15 is 0 Å². The number of primary amides is 3. The number of carbonyl (C=O) groups is 3. The summed E-state index contributed by atoms with van der Waals surface area (Å²) in [5.74, 6) is -1.39. The molecule has 0 saturated heterocycles. The van der Waals surface area contributed by atoms with Gasteiger partial charge in [0.05, 0.1) is 0 Å². The molecule has 0 unspecified atom stereocenters. The van der Waals surface area contributed by atoms with Gasteiger partial charge in [-0.2, -0.15) is 0 Å². The molecule has 9 N–H and O–H groups in total. The van der Waals surface area contributed by atoms with E-state index < -0.39 is 17.7 Å². The average Bonchev–Trinajstić information content (AvgIpc) is 2.97. The summed E-state index contributed by atoms with van der Waals surface area (Å²) in [5, 5.41) is 10.5. The zero-order valence-corrected chi connectivity index (χ0v) is 24.0. The normalized spacial score (nSPS) is 10.6. The van der Waals surface area contributed by atoms with Gasteiger partial charge in [0.2, 0.25) is 17.7 Å². The Labute approximate surface area is 245 Å². The highest BCUT2D eigenvalue weighted by molar-refractivity contribution is 5.94. The maximum atomic E-state index is 11.5. The molecule has 4 rings (SSSR count). The van der Waals surface area contributed by atoms with Crippen LogP contribution in [0, 0.1) is 20.8 Å². The van der Waals surface area contributed by atoms with Crippen LogP contribution >= 0.6 is 0 Å². The molecule has 0 bridgehead atoms. The van der Waals surface area contributed by atoms with Crippen LogP contribution in [0.15, 0.2) is 72.8 Å². The van der Waals surface area contributed by atoms with E-state index in [4.69, 9.17) is 17.2 Å². The SMILES string of the molecule is Cc1c(CNc2ccc(C(N)=O)cc2)c(C)c(CNc2ccc(C(N)=O)cc2)c(C)c1CNc1ccc(C(N)=O)cc1. The Balaban J connectivity index is 1.63. The molecular weight excluding hydrogens is 528 g/mol. The summed E-state index contributed by atoms with van der Waals surface area (Å²) in [6.07, 6.45) is 0. The predicted octanol–water partition coefficient (Wildman–Crippen LogP) is 4.74. The van der Waals surface area contributed by atoms with Gasteiger partial charge >= 0.3 is 0 Å². The molecule has 4 aromatic carbocycles. The third-order valence-electron chi connectivity index (χ3n) is 7.63. The van der Waals surface area contributed by atoms with Crippen LogP contribution in [0.25, 0.3) is 0 Å². The number of hydrogen-bond donors (Lipinski definition) is 6. The van der Waals surface area contributed by atoms with Crippen molar-refractivity contribution < 1.29 is 14.4 Å². The smallest absolute Gasteiger partial charge is 0.248 e. The van der Waals surface area contributed by atoms with E-state index in [1.807, 2.05) is 36.4 Å². The molecule has 0 spiro atoms. The maximum Gasteiger partial charge on any atom is 0.248 e. The van der Waals surface area contributed by atoms with Crippen LogP contribution in [0.1, 0.15) is 64.5 Å². The van der Waals surface area contributed by atoms with Gasteiger partial charge in [0.15, 0.2) is 0 Å². The molecule has 42 heavy (non-hydrogen) atoms. The minimum Gasteiger partial charge on any atom is -0.381 e. The van der Waals surface area contributed by atoms with Crippen molar-refractivity contribution in [2.45, 2.75) is 40.4 Å². The average molecular weight is 565 g/mol. The number of hydrogen-bond acceptors (Lipinski definition) is 6. The van der Waals surface area contributed by atoms with Gasteiger partial charge < -0.3 is 33.2 Å². The molecular formula is C33H36N6O3. The monoisotopic (exact) mass is 564 g/mol. The lowest BCUT2D eigenvalue weighted by Gasteiger charge is -2.24. The number of benzene rings is 4. The second-order valence-electron chi connectivity index (χ2n) is 10.2. The lowest BCUT2D eigenvalue weighted by molar-refractivity contribution is 0.0992.